The van der Waals surface area contributed by atoms with Crippen LogP contribution in [0.25, 0.3) is 0 Å². The number of amides is 1. The Hall–Kier alpha value is -1.02. The third-order valence-electron chi connectivity index (χ3n) is 3.49. The fourth-order valence-electron chi connectivity index (χ4n) is 2.48. The van der Waals surface area contributed by atoms with Gasteiger partial charge in [-0.2, -0.15) is 0 Å². The first-order valence-electron chi connectivity index (χ1n) is 6.67. The van der Waals surface area contributed by atoms with Gasteiger partial charge in [0.1, 0.15) is 0 Å². The first kappa shape index (κ1) is 13.4. The predicted octanol–water partition coefficient (Wildman–Crippen LogP) is 3.27. The summed E-state index contributed by atoms with van der Waals surface area (Å²) < 4.78 is 0. The highest BCUT2D eigenvalue weighted by atomic mass is 35.5. The van der Waals surface area contributed by atoms with E-state index < -0.39 is 0 Å². The third kappa shape index (κ3) is 3.05. The summed E-state index contributed by atoms with van der Waals surface area (Å²) in [5.41, 5.74) is 1.29. The molecule has 0 radical (unpaired) electrons. The fourth-order valence-corrected chi connectivity index (χ4v) is 2.68. The molecule has 98 valence electrons. The van der Waals surface area contributed by atoms with E-state index in [-0.39, 0.29) is 11.8 Å². The summed E-state index contributed by atoms with van der Waals surface area (Å²) in [6.45, 7) is 3.59. The van der Waals surface area contributed by atoms with E-state index in [0.29, 0.717) is 18.3 Å². The Labute approximate surface area is 114 Å². The van der Waals surface area contributed by atoms with Crippen molar-refractivity contribution in [2.24, 2.45) is 5.92 Å². The minimum absolute atomic E-state index is 0.183. The summed E-state index contributed by atoms with van der Waals surface area (Å²) in [4.78, 5) is 14.3. The van der Waals surface area contributed by atoms with Crippen LogP contribution in [-0.4, -0.2) is 29.8 Å². The van der Waals surface area contributed by atoms with Gasteiger partial charge in [-0.15, -0.1) is 11.6 Å². The molecule has 2 nitrogen and oxygen atoms in total. The molecule has 1 fully saturated rings. The molecule has 0 bridgehead atoms. The van der Waals surface area contributed by atoms with Crippen LogP contribution < -0.4 is 0 Å². The summed E-state index contributed by atoms with van der Waals surface area (Å²) in [6, 6.07) is 10.3. The molecule has 1 aliphatic rings. The van der Waals surface area contributed by atoms with Gasteiger partial charge in [-0.25, -0.2) is 0 Å². The maximum absolute atomic E-state index is 12.3. The third-order valence-corrected chi connectivity index (χ3v) is 3.66. The zero-order chi connectivity index (χ0) is 13.0. The molecule has 1 aromatic carbocycles. The molecule has 18 heavy (non-hydrogen) atoms. The summed E-state index contributed by atoms with van der Waals surface area (Å²) in [5.74, 6) is 1.41. The van der Waals surface area contributed by atoms with Gasteiger partial charge in [0, 0.05) is 24.9 Å². The lowest BCUT2D eigenvalue weighted by atomic mass is 10.1. The standard InChI is InChI=1S/C15H20ClNO/c1-2-9-17(10-8-16)15(18)14-11-13(14)12-6-4-3-5-7-12/h3-7,13-14H,2,8-11H2,1H3. The van der Waals surface area contributed by atoms with Gasteiger partial charge in [-0.1, -0.05) is 37.3 Å². The maximum Gasteiger partial charge on any atom is 0.226 e. The molecule has 1 amide bonds. The normalized spacial score (nSPS) is 21.7. The highest BCUT2D eigenvalue weighted by Crippen LogP contribution is 2.48. The number of alkyl halides is 1. The number of carbonyl (C=O) groups is 1. The summed E-state index contributed by atoms with van der Waals surface area (Å²) in [6.07, 6.45) is 1.98. The van der Waals surface area contributed by atoms with Crippen LogP contribution in [-0.2, 0) is 4.79 Å². The number of hydrogen-bond acceptors (Lipinski definition) is 1. The van der Waals surface area contributed by atoms with Crippen LogP contribution in [0.1, 0.15) is 31.2 Å². The monoisotopic (exact) mass is 265 g/mol. The quantitative estimate of drug-likeness (QED) is 0.723. The van der Waals surface area contributed by atoms with E-state index in [1.54, 1.807) is 0 Å². The van der Waals surface area contributed by atoms with E-state index in [4.69, 9.17) is 11.6 Å². The summed E-state index contributed by atoms with van der Waals surface area (Å²) >= 11 is 5.76. The molecule has 0 aromatic heterocycles. The van der Waals surface area contributed by atoms with Crippen molar-refractivity contribution in [1.29, 1.82) is 0 Å². The van der Waals surface area contributed by atoms with E-state index in [1.165, 1.54) is 5.56 Å². The average molecular weight is 266 g/mol. The van der Waals surface area contributed by atoms with Crippen molar-refractivity contribution in [3.63, 3.8) is 0 Å². The largest absolute Gasteiger partial charge is 0.341 e. The lowest BCUT2D eigenvalue weighted by molar-refractivity contribution is -0.132. The molecule has 0 aliphatic heterocycles. The molecule has 1 saturated carbocycles. The minimum atomic E-state index is 0.183. The van der Waals surface area contributed by atoms with Crippen molar-refractivity contribution in [3.8, 4) is 0 Å². The SMILES string of the molecule is CCCN(CCCl)C(=O)C1CC1c1ccccc1. The Kier molecular flexibility index (Phi) is 4.65. The number of nitrogens with zero attached hydrogens (tertiary/aromatic N) is 1. The van der Waals surface area contributed by atoms with Gasteiger partial charge in [0.25, 0.3) is 0 Å². The summed E-state index contributed by atoms with van der Waals surface area (Å²) in [5, 5.41) is 0. The van der Waals surface area contributed by atoms with Crippen LogP contribution in [0.3, 0.4) is 0 Å². The predicted molar refractivity (Wildman–Crippen MR) is 74.9 cm³/mol. The molecule has 0 saturated heterocycles. The van der Waals surface area contributed by atoms with Gasteiger partial charge < -0.3 is 4.90 Å². The Balaban J connectivity index is 1.95. The van der Waals surface area contributed by atoms with Crippen molar-refractivity contribution >= 4 is 17.5 Å². The van der Waals surface area contributed by atoms with Crippen LogP contribution in [0.5, 0.6) is 0 Å². The molecule has 1 aromatic rings. The molecular formula is C15H20ClNO. The van der Waals surface area contributed by atoms with Gasteiger partial charge in [0.2, 0.25) is 5.91 Å². The van der Waals surface area contributed by atoms with E-state index in [2.05, 4.69) is 19.1 Å². The molecule has 2 unspecified atom stereocenters. The molecule has 0 heterocycles. The number of hydrogen-bond donors (Lipinski definition) is 0. The minimum Gasteiger partial charge on any atom is -0.341 e. The second kappa shape index (κ2) is 6.24. The number of rotatable bonds is 6. The van der Waals surface area contributed by atoms with Gasteiger partial charge in [-0.05, 0) is 24.3 Å². The van der Waals surface area contributed by atoms with Gasteiger partial charge in [-0.3, -0.25) is 4.79 Å². The van der Waals surface area contributed by atoms with Crippen molar-refractivity contribution < 1.29 is 4.79 Å². The second-order valence-corrected chi connectivity index (χ2v) is 5.25. The van der Waals surface area contributed by atoms with Crippen molar-refractivity contribution in [3.05, 3.63) is 35.9 Å². The Morgan fingerprint density at radius 2 is 2.06 bits per heavy atom. The fraction of sp³-hybridized carbons (Fsp3) is 0.533. The van der Waals surface area contributed by atoms with Crippen LogP contribution in [0, 0.1) is 5.92 Å². The first-order valence-corrected chi connectivity index (χ1v) is 7.21. The van der Waals surface area contributed by atoms with E-state index in [0.717, 1.165) is 19.4 Å². The molecule has 2 rings (SSSR count). The van der Waals surface area contributed by atoms with E-state index in [9.17, 15) is 4.79 Å². The Morgan fingerprint density at radius 3 is 2.67 bits per heavy atom. The van der Waals surface area contributed by atoms with E-state index in [1.807, 2.05) is 23.1 Å². The van der Waals surface area contributed by atoms with Gasteiger partial charge in [0.05, 0.1) is 0 Å². The van der Waals surface area contributed by atoms with Crippen LogP contribution in [0.4, 0.5) is 0 Å². The molecule has 2 atom stereocenters. The second-order valence-electron chi connectivity index (χ2n) is 4.87. The smallest absolute Gasteiger partial charge is 0.226 e. The summed E-state index contributed by atoms with van der Waals surface area (Å²) in [7, 11) is 0. The number of carbonyl (C=O) groups excluding carboxylic acids is 1. The number of halogens is 1. The Morgan fingerprint density at radius 1 is 1.33 bits per heavy atom. The molecule has 3 heteroatoms. The van der Waals surface area contributed by atoms with Crippen LogP contribution >= 0.6 is 11.6 Å². The molecule has 1 aliphatic carbocycles. The van der Waals surface area contributed by atoms with Gasteiger partial charge in [0.15, 0.2) is 0 Å². The first-order chi connectivity index (χ1) is 8.77. The average Bonchev–Trinajstić information content (AvgIpc) is 3.19. The molecule has 0 spiro atoms. The highest BCUT2D eigenvalue weighted by molar-refractivity contribution is 6.18. The Bertz CT molecular complexity index is 387. The van der Waals surface area contributed by atoms with Crippen LogP contribution in [0.15, 0.2) is 30.3 Å². The lowest BCUT2D eigenvalue weighted by Gasteiger charge is -2.21. The molecular weight excluding hydrogens is 246 g/mol. The number of benzene rings is 1. The van der Waals surface area contributed by atoms with Crippen LogP contribution in [0.2, 0.25) is 0 Å². The zero-order valence-corrected chi connectivity index (χ0v) is 11.6. The van der Waals surface area contributed by atoms with E-state index >= 15 is 0 Å². The van der Waals surface area contributed by atoms with Crippen molar-refractivity contribution in [2.45, 2.75) is 25.7 Å². The molecule has 0 N–H and O–H groups in total. The van der Waals surface area contributed by atoms with Gasteiger partial charge >= 0.3 is 0 Å². The maximum atomic E-state index is 12.3. The zero-order valence-electron chi connectivity index (χ0n) is 10.8. The highest BCUT2D eigenvalue weighted by Gasteiger charge is 2.45. The lowest BCUT2D eigenvalue weighted by Crippen LogP contribution is -2.34. The van der Waals surface area contributed by atoms with Crippen molar-refractivity contribution in [2.75, 3.05) is 19.0 Å². The topological polar surface area (TPSA) is 20.3 Å². The van der Waals surface area contributed by atoms with Crippen molar-refractivity contribution in [1.82, 2.24) is 4.90 Å².